The molecule has 4 nitrogen and oxygen atoms in total. The second-order valence-corrected chi connectivity index (χ2v) is 6.01. The van der Waals surface area contributed by atoms with Crippen LogP contribution in [0.1, 0.15) is 49.7 Å². The molecular formula is C15H28N4. The highest BCUT2D eigenvalue weighted by molar-refractivity contribution is 5.27. The summed E-state index contributed by atoms with van der Waals surface area (Å²) >= 11 is 0. The summed E-state index contributed by atoms with van der Waals surface area (Å²) in [4.78, 5) is 2.56. The lowest BCUT2D eigenvalue weighted by atomic mass is 10.1. The Morgan fingerprint density at radius 1 is 1.21 bits per heavy atom. The fourth-order valence-electron chi connectivity index (χ4n) is 3.33. The summed E-state index contributed by atoms with van der Waals surface area (Å²) in [5.74, 6) is 0. The molecule has 0 spiro atoms. The van der Waals surface area contributed by atoms with E-state index in [1.807, 2.05) is 11.7 Å². The second kappa shape index (κ2) is 6.06. The summed E-state index contributed by atoms with van der Waals surface area (Å²) in [6.07, 6.45) is 2.73. The van der Waals surface area contributed by atoms with Crippen LogP contribution in [0.15, 0.2) is 0 Å². The van der Waals surface area contributed by atoms with Crippen LogP contribution < -0.4 is 5.32 Å². The van der Waals surface area contributed by atoms with E-state index in [0.29, 0.717) is 12.1 Å². The highest BCUT2D eigenvalue weighted by Gasteiger charge is 2.20. The van der Waals surface area contributed by atoms with E-state index in [2.05, 4.69) is 43.0 Å². The average Bonchev–Trinajstić information content (AvgIpc) is 2.88. The lowest BCUT2D eigenvalue weighted by Crippen LogP contribution is -2.39. The fourth-order valence-corrected chi connectivity index (χ4v) is 3.33. The van der Waals surface area contributed by atoms with Crippen molar-refractivity contribution in [1.82, 2.24) is 20.0 Å². The maximum Gasteiger partial charge on any atom is 0.0644 e. The van der Waals surface area contributed by atoms with Crippen molar-refractivity contribution >= 4 is 0 Å². The molecule has 2 unspecified atom stereocenters. The largest absolute Gasteiger partial charge is 0.306 e. The molecule has 0 radical (unpaired) electrons. The Morgan fingerprint density at radius 3 is 2.37 bits per heavy atom. The summed E-state index contributed by atoms with van der Waals surface area (Å²) in [6.45, 7) is 12.5. The first-order valence-corrected chi connectivity index (χ1v) is 7.47. The van der Waals surface area contributed by atoms with Crippen LogP contribution in [0, 0.1) is 13.8 Å². The van der Waals surface area contributed by atoms with Gasteiger partial charge in [0.25, 0.3) is 0 Å². The Hall–Kier alpha value is -0.870. The Bertz CT molecular complexity index is 418. The summed E-state index contributed by atoms with van der Waals surface area (Å²) in [6, 6.07) is 0.887. The third-order valence-corrected chi connectivity index (χ3v) is 4.26. The molecule has 1 aromatic rings. The van der Waals surface area contributed by atoms with Crippen molar-refractivity contribution in [3.05, 3.63) is 17.0 Å². The first kappa shape index (κ1) is 14.5. The highest BCUT2D eigenvalue weighted by Crippen LogP contribution is 2.21. The number of likely N-dealkylation sites (tertiary alicyclic amines) is 1. The lowest BCUT2D eigenvalue weighted by molar-refractivity contribution is 0.289. The maximum atomic E-state index is 4.51. The monoisotopic (exact) mass is 264 g/mol. The quantitative estimate of drug-likeness (QED) is 0.885. The van der Waals surface area contributed by atoms with E-state index in [9.17, 15) is 0 Å². The van der Waals surface area contributed by atoms with E-state index in [-0.39, 0.29) is 0 Å². The first-order valence-electron chi connectivity index (χ1n) is 7.47. The van der Waals surface area contributed by atoms with Gasteiger partial charge in [-0.05, 0) is 53.6 Å². The van der Waals surface area contributed by atoms with E-state index in [0.717, 1.165) is 12.2 Å². The number of aryl methyl sites for hydroxylation is 2. The fraction of sp³-hybridized carbons (Fsp3) is 0.800. The van der Waals surface area contributed by atoms with Crippen LogP contribution >= 0.6 is 0 Å². The normalized spacial score (nSPS) is 19.8. The molecule has 0 bridgehead atoms. The van der Waals surface area contributed by atoms with Crippen molar-refractivity contribution in [1.29, 1.82) is 0 Å². The summed E-state index contributed by atoms with van der Waals surface area (Å²) in [7, 11) is 2.02. The number of nitrogens with zero attached hydrogens (tertiary/aromatic N) is 3. The van der Waals surface area contributed by atoms with E-state index in [4.69, 9.17) is 0 Å². The summed E-state index contributed by atoms with van der Waals surface area (Å²) in [5.41, 5.74) is 3.77. The van der Waals surface area contributed by atoms with Crippen LogP contribution in [-0.4, -0.2) is 40.4 Å². The molecule has 0 aliphatic carbocycles. The van der Waals surface area contributed by atoms with E-state index < -0.39 is 0 Å². The second-order valence-electron chi connectivity index (χ2n) is 6.01. The molecule has 1 aliphatic heterocycles. The Balaban J connectivity index is 1.94. The van der Waals surface area contributed by atoms with Gasteiger partial charge < -0.3 is 10.2 Å². The first-order chi connectivity index (χ1) is 8.99. The van der Waals surface area contributed by atoms with E-state index in [1.165, 1.54) is 37.2 Å². The van der Waals surface area contributed by atoms with Crippen LogP contribution in [0.2, 0.25) is 0 Å². The summed E-state index contributed by atoms with van der Waals surface area (Å²) < 4.78 is 1.98. The van der Waals surface area contributed by atoms with E-state index >= 15 is 0 Å². The molecule has 108 valence electrons. The van der Waals surface area contributed by atoms with Gasteiger partial charge in [0, 0.05) is 36.9 Å². The van der Waals surface area contributed by atoms with Crippen LogP contribution in [0.5, 0.6) is 0 Å². The van der Waals surface area contributed by atoms with Crippen molar-refractivity contribution in [3.8, 4) is 0 Å². The Labute approximate surface area is 117 Å². The van der Waals surface area contributed by atoms with Gasteiger partial charge in [-0.1, -0.05) is 0 Å². The third-order valence-electron chi connectivity index (χ3n) is 4.26. The van der Waals surface area contributed by atoms with Crippen molar-refractivity contribution in [2.45, 2.75) is 52.6 Å². The highest BCUT2D eigenvalue weighted by atomic mass is 15.3. The van der Waals surface area contributed by atoms with Gasteiger partial charge in [0.15, 0.2) is 0 Å². The van der Waals surface area contributed by atoms with Gasteiger partial charge >= 0.3 is 0 Å². The number of aromatic nitrogens is 2. The van der Waals surface area contributed by atoms with Gasteiger partial charge in [-0.2, -0.15) is 5.10 Å². The van der Waals surface area contributed by atoms with Gasteiger partial charge in [-0.3, -0.25) is 4.68 Å². The maximum absolute atomic E-state index is 4.51. The van der Waals surface area contributed by atoms with Gasteiger partial charge in [-0.15, -0.1) is 0 Å². The molecule has 2 heterocycles. The van der Waals surface area contributed by atoms with Gasteiger partial charge in [0.2, 0.25) is 0 Å². The standard InChI is InChI=1S/C15H28N4/c1-11(10-19-8-6-7-9-19)16-12(2)15-13(3)17-18(5)14(15)4/h11-12,16H,6-10H2,1-5H3. The molecule has 1 fully saturated rings. The molecule has 0 aromatic carbocycles. The predicted molar refractivity (Wildman–Crippen MR) is 79.4 cm³/mol. The molecule has 1 aromatic heterocycles. The number of rotatable bonds is 5. The van der Waals surface area contributed by atoms with Crippen LogP contribution in [0.4, 0.5) is 0 Å². The average molecular weight is 264 g/mol. The van der Waals surface area contributed by atoms with Crippen molar-refractivity contribution in [2.24, 2.45) is 7.05 Å². The number of hydrogen-bond donors (Lipinski definition) is 1. The molecule has 19 heavy (non-hydrogen) atoms. The third kappa shape index (κ3) is 3.37. The zero-order valence-electron chi connectivity index (χ0n) is 13.0. The molecule has 1 saturated heterocycles. The molecule has 4 heteroatoms. The topological polar surface area (TPSA) is 33.1 Å². The zero-order valence-corrected chi connectivity index (χ0v) is 13.0. The van der Waals surface area contributed by atoms with Crippen LogP contribution in [0.25, 0.3) is 0 Å². The number of hydrogen-bond acceptors (Lipinski definition) is 3. The summed E-state index contributed by atoms with van der Waals surface area (Å²) in [5, 5.41) is 8.23. The molecule has 0 saturated carbocycles. The lowest BCUT2D eigenvalue weighted by Gasteiger charge is -2.25. The molecule has 2 atom stereocenters. The molecule has 1 aliphatic rings. The minimum Gasteiger partial charge on any atom is -0.306 e. The molecule has 0 amide bonds. The van der Waals surface area contributed by atoms with Crippen molar-refractivity contribution < 1.29 is 0 Å². The van der Waals surface area contributed by atoms with Crippen molar-refractivity contribution in [2.75, 3.05) is 19.6 Å². The minimum atomic E-state index is 0.367. The van der Waals surface area contributed by atoms with Gasteiger partial charge in [-0.25, -0.2) is 0 Å². The molecule has 1 N–H and O–H groups in total. The van der Waals surface area contributed by atoms with Gasteiger partial charge in [0.05, 0.1) is 5.69 Å². The smallest absolute Gasteiger partial charge is 0.0644 e. The SMILES string of the molecule is Cc1nn(C)c(C)c1C(C)NC(C)CN1CCCC1. The Morgan fingerprint density at radius 2 is 1.84 bits per heavy atom. The minimum absolute atomic E-state index is 0.367. The van der Waals surface area contributed by atoms with Crippen LogP contribution in [0.3, 0.4) is 0 Å². The Kier molecular flexibility index (Phi) is 4.63. The van der Waals surface area contributed by atoms with Crippen molar-refractivity contribution in [3.63, 3.8) is 0 Å². The zero-order chi connectivity index (χ0) is 14.0. The molecular weight excluding hydrogens is 236 g/mol. The molecule has 2 rings (SSSR count). The number of nitrogens with one attached hydrogen (secondary N) is 1. The van der Waals surface area contributed by atoms with E-state index in [1.54, 1.807) is 0 Å². The van der Waals surface area contributed by atoms with Gasteiger partial charge in [0.1, 0.15) is 0 Å². The predicted octanol–water partition coefficient (Wildman–Crippen LogP) is 2.17. The van der Waals surface area contributed by atoms with Crippen LogP contribution in [-0.2, 0) is 7.05 Å².